The zero-order chi connectivity index (χ0) is 16.0. The summed E-state index contributed by atoms with van der Waals surface area (Å²) in [6.07, 6.45) is -2.31. The molecule has 5 nitrogen and oxygen atoms in total. The molecule has 1 rings (SSSR count). The number of benzene rings is 1. The van der Waals surface area contributed by atoms with E-state index in [0.29, 0.717) is 10.5 Å². The fraction of sp³-hybridized carbons (Fsp3) is 0.533. The van der Waals surface area contributed by atoms with Crippen LogP contribution in [0.3, 0.4) is 0 Å². The van der Waals surface area contributed by atoms with E-state index in [9.17, 15) is 15.0 Å². The number of hydrogen-bond donors (Lipinski definition) is 4. The molecule has 6 heteroatoms. The Bertz CT molecular complexity index is 473. The summed E-state index contributed by atoms with van der Waals surface area (Å²) in [5.41, 5.74) is 0.0298. The lowest BCUT2D eigenvalue weighted by Crippen LogP contribution is -2.34. The van der Waals surface area contributed by atoms with Crippen molar-refractivity contribution in [3.05, 3.63) is 29.8 Å². The zero-order valence-corrected chi connectivity index (χ0v) is 13.4. The van der Waals surface area contributed by atoms with Crippen LogP contribution < -0.4 is 5.32 Å². The first-order chi connectivity index (χ1) is 9.69. The van der Waals surface area contributed by atoms with Gasteiger partial charge in [-0.2, -0.15) is 0 Å². The Hall–Kier alpha value is -1.24. The van der Waals surface area contributed by atoms with Crippen LogP contribution in [0.15, 0.2) is 29.2 Å². The Morgan fingerprint density at radius 1 is 1.38 bits per heavy atom. The maximum atomic E-state index is 11.4. The van der Waals surface area contributed by atoms with E-state index in [-0.39, 0.29) is 13.0 Å². The molecule has 2 atom stereocenters. The summed E-state index contributed by atoms with van der Waals surface area (Å²) < 4.78 is 5.08. The predicted octanol–water partition coefficient (Wildman–Crippen LogP) is 2.28. The van der Waals surface area contributed by atoms with Crippen molar-refractivity contribution in [2.24, 2.45) is 0 Å². The molecule has 0 radical (unpaired) electrons. The normalized spacial score (nSPS) is 14.4. The average Bonchev–Trinajstić information content (AvgIpc) is 2.35. The first kappa shape index (κ1) is 17.8. The third kappa shape index (κ3) is 6.84. The Morgan fingerprint density at radius 2 is 2.05 bits per heavy atom. The molecule has 0 aliphatic carbocycles. The first-order valence-corrected chi connectivity index (χ1v) is 7.25. The second-order valence-corrected chi connectivity index (χ2v) is 6.34. The molecule has 1 aromatic carbocycles. The van der Waals surface area contributed by atoms with Crippen molar-refractivity contribution in [2.75, 3.05) is 6.54 Å². The van der Waals surface area contributed by atoms with E-state index in [1.807, 2.05) is 0 Å². The van der Waals surface area contributed by atoms with Crippen molar-refractivity contribution in [2.45, 2.75) is 49.9 Å². The van der Waals surface area contributed by atoms with E-state index in [2.05, 4.69) is 17.9 Å². The average molecular weight is 313 g/mol. The molecule has 0 aromatic heterocycles. The molecule has 0 spiro atoms. The molecular weight excluding hydrogens is 290 g/mol. The Morgan fingerprint density at radius 3 is 2.62 bits per heavy atom. The third-order valence-electron chi connectivity index (χ3n) is 2.68. The lowest BCUT2D eigenvalue weighted by Gasteiger charge is -2.21. The van der Waals surface area contributed by atoms with Crippen LogP contribution in [-0.4, -0.2) is 34.6 Å². The highest BCUT2D eigenvalue weighted by atomic mass is 32.1. The fourth-order valence-electron chi connectivity index (χ4n) is 1.73. The number of aliphatic hydroxyl groups is 2. The molecule has 0 aliphatic rings. The topological polar surface area (TPSA) is 78.8 Å². The maximum Gasteiger partial charge on any atom is 0.407 e. The summed E-state index contributed by atoms with van der Waals surface area (Å²) in [6, 6.07) is 6.95. The number of carbonyl (C=O) groups excluding carboxylic acids is 1. The summed E-state index contributed by atoms with van der Waals surface area (Å²) in [5, 5.41) is 22.5. The summed E-state index contributed by atoms with van der Waals surface area (Å²) in [7, 11) is 0. The third-order valence-corrected chi connectivity index (χ3v) is 2.96. The number of amides is 1. The summed E-state index contributed by atoms with van der Waals surface area (Å²) in [6.45, 7) is 5.54. The lowest BCUT2D eigenvalue weighted by atomic mass is 10.0. The number of nitrogens with one attached hydrogen (secondary N) is 1. The molecular formula is C15H23NO4S. The van der Waals surface area contributed by atoms with Crippen molar-refractivity contribution in [3.8, 4) is 0 Å². The van der Waals surface area contributed by atoms with Gasteiger partial charge in [0, 0.05) is 11.4 Å². The molecule has 1 amide bonds. The molecule has 0 fully saturated rings. The number of thiol groups is 1. The highest BCUT2D eigenvalue weighted by molar-refractivity contribution is 7.80. The number of carbonyl (C=O) groups is 1. The highest BCUT2D eigenvalue weighted by Crippen LogP contribution is 2.21. The van der Waals surface area contributed by atoms with Crippen LogP contribution >= 0.6 is 12.6 Å². The molecule has 0 saturated heterocycles. The lowest BCUT2D eigenvalue weighted by molar-refractivity contribution is 0.0122. The molecule has 0 heterocycles. The van der Waals surface area contributed by atoms with Gasteiger partial charge in [-0.05, 0) is 44.9 Å². The van der Waals surface area contributed by atoms with Crippen LogP contribution in [0.2, 0.25) is 0 Å². The molecule has 21 heavy (non-hydrogen) atoms. The van der Waals surface area contributed by atoms with Crippen molar-refractivity contribution in [3.63, 3.8) is 0 Å². The molecule has 0 bridgehead atoms. The first-order valence-electron chi connectivity index (χ1n) is 6.81. The Labute approximate surface area is 130 Å². The standard InChI is InChI=1S/C15H23NO4S/c1-15(2,3)20-14(19)16-8-7-12(17)13(18)10-5-4-6-11(21)9-10/h4-6,9,12-13,17-18,21H,7-8H2,1-3H3,(H,16,19). The van der Waals surface area contributed by atoms with Crippen LogP contribution in [0.4, 0.5) is 4.79 Å². The smallest absolute Gasteiger partial charge is 0.407 e. The minimum Gasteiger partial charge on any atom is -0.444 e. The minimum atomic E-state index is -1.02. The van der Waals surface area contributed by atoms with Gasteiger partial charge in [-0.25, -0.2) is 4.79 Å². The van der Waals surface area contributed by atoms with Crippen molar-refractivity contribution < 1.29 is 19.7 Å². The van der Waals surface area contributed by atoms with E-state index in [1.54, 1.807) is 45.0 Å². The number of rotatable bonds is 5. The maximum absolute atomic E-state index is 11.4. The van der Waals surface area contributed by atoms with Crippen molar-refractivity contribution in [1.29, 1.82) is 0 Å². The molecule has 0 saturated carbocycles. The SMILES string of the molecule is CC(C)(C)OC(=O)NCCC(O)C(O)c1cccc(S)c1. The number of hydrogen-bond acceptors (Lipinski definition) is 5. The van der Waals surface area contributed by atoms with E-state index in [0.717, 1.165) is 0 Å². The number of alkyl carbamates (subject to hydrolysis) is 1. The van der Waals surface area contributed by atoms with Crippen LogP contribution in [0, 0.1) is 0 Å². The van der Waals surface area contributed by atoms with Gasteiger partial charge in [0.2, 0.25) is 0 Å². The van der Waals surface area contributed by atoms with E-state index >= 15 is 0 Å². The Kier molecular flexibility index (Phi) is 6.51. The van der Waals surface area contributed by atoms with Crippen molar-refractivity contribution >= 4 is 18.7 Å². The summed E-state index contributed by atoms with van der Waals surface area (Å²) in [4.78, 5) is 12.2. The van der Waals surface area contributed by atoms with Crippen LogP contribution in [0.5, 0.6) is 0 Å². The van der Waals surface area contributed by atoms with E-state index in [1.165, 1.54) is 0 Å². The highest BCUT2D eigenvalue weighted by Gasteiger charge is 2.20. The van der Waals surface area contributed by atoms with Crippen LogP contribution in [0.25, 0.3) is 0 Å². The number of ether oxygens (including phenoxy) is 1. The van der Waals surface area contributed by atoms with Gasteiger partial charge in [-0.15, -0.1) is 12.6 Å². The monoisotopic (exact) mass is 313 g/mol. The Balaban J connectivity index is 2.40. The molecule has 0 aliphatic heterocycles. The van der Waals surface area contributed by atoms with Gasteiger partial charge in [0.1, 0.15) is 11.7 Å². The van der Waals surface area contributed by atoms with Gasteiger partial charge in [-0.1, -0.05) is 12.1 Å². The van der Waals surface area contributed by atoms with Gasteiger partial charge >= 0.3 is 6.09 Å². The van der Waals surface area contributed by atoms with E-state index < -0.39 is 23.9 Å². The summed E-state index contributed by atoms with van der Waals surface area (Å²) in [5.74, 6) is 0. The van der Waals surface area contributed by atoms with Crippen LogP contribution in [-0.2, 0) is 4.74 Å². The fourth-order valence-corrected chi connectivity index (χ4v) is 1.96. The van der Waals surface area contributed by atoms with Gasteiger partial charge < -0.3 is 20.3 Å². The van der Waals surface area contributed by atoms with Crippen LogP contribution in [0.1, 0.15) is 38.9 Å². The molecule has 118 valence electrons. The van der Waals surface area contributed by atoms with Gasteiger partial charge in [-0.3, -0.25) is 0 Å². The quantitative estimate of drug-likeness (QED) is 0.629. The second-order valence-electron chi connectivity index (χ2n) is 5.82. The van der Waals surface area contributed by atoms with Crippen molar-refractivity contribution in [1.82, 2.24) is 5.32 Å². The molecule has 3 N–H and O–H groups in total. The zero-order valence-electron chi connectivity index (χ0n) is 12.5. The largest absolute Gasteiger partial charge is 0.444 e. The van der Waals surface area contributed by atoms with Gasteiger partial charge in [0.05, 0.1) is 6.10 Å². The predicted molar refractivity (Wildman–Crippen MR) is 83.5 cm³/mol. The number of aliphatic hydroxyl groups excluding tert-OH is 2. The molecule has 2 unspecified atom stereocenters. The minimum absolute atomic E-state index is 0.216. The van der Waals surface area contributed by atoms with Gasteiger partial charge in [0.15, 0.2) is 0 Å². The second kappa shape index (κ2) is 7.68. The van der Waals surface area contributed by atoms with E-state index in [4.69, 9.17) is 4.74 Å². The van der Waals surface area contributed by atoms with Gasteiger partial charge in [0.25, 0.3) is 0 Å². The summed E-state index contributed by atoms with van der Waals surface area (Å²) >= 11 is 4.19. The molecule has 1 aromatic rings.